The van der Waals surface area contributed by atoms with Gasteiger partial charge in [0.05, 0.1) is 13.2 Å². The molecule has 70 valence electrons. The molecular formula is C10H18O2. The molecule has 0 aromatic rings. The molecule has 1 N–H and O–H groups in total. The molecule has 2 aliphatic rings. The van der Waals surface area contributed by atoms with Crippen LogP contribution in [0.2, 0.25) is 0 Å². The summed E-state index contributed by atoms with van der Waals surface area (Å²) in [6.07, 6.45) is 3.82. The van der Waals surface area contributed by atoms with Crippen molar-refractivity contribution in [1.82, 2.24) is 0 Å². The van der Waals surface area contributed by atoms with Crippen molar-refractivity contribution >= 4 is 0 Å². The monoisotopic (exact) mass is 170 g/mol. The van der Waals surface area contributed by atoms with Crippen LogP contribution in [-0.2, 0) is 4.74 Å². The zero-order chi connectivity index (χ0) is 8.60. The number of fused-ring (bicyclic) bond motifs is 1. The van der Waals surface area contributed by atoms with Crippen molar-refractivity contribution in [1.29, 1.82) is 0 Å². The molecule has 2 heteroatoms. The highest BCUT2D eigenvalue weighted by atomic mass is 16.5. The van der Waals surface area contributed by atoms with Crippen molar-refractivity contribution in [3.05, 3.63) is 0 Å². The predicted molar refractivity (Wildman–Crippen MR) is 46.8 cm³/mol. The topological polar surface area (TPSA) is 29.5 Å². The maximum atomic E-state index is 9.30. The van der Waals surface area contributed by atoms with Gasteiger partial charge in [0, 0.05) is 12.0 Å². The first-order valence-corrected chi connectivity index (χ1v) is 4.98. The van der Waals surface area contributed by atoms with Gasteiger partial charge in [-0.3, -0.25) is 0 Å². The maximum Gasteiger partial charge on any atom is 0.0544 e. The summed E-state index contributed by atoms with van der Waals surface area (Å²) < 4.78 is 5.42. The van der Waals surface area contributed by atoms with Crippen LogP contribution in [-0.4, -0.2) is 24.9 Å². The fraction of sp³-hybridized carbons (Fsp3) is 1.00. The minimum atomic E-state index is 0.142. The normalized spacial score (nSPS) is 44.5. The second kappa shape index (κ2) is 3.00. The van der Waals surface area contributed by atoms with E-state index in [0.29, 0.717) is 6.61 Å². The van der Waals surface area contributed by atoms with E-state index in [1.54, 1.807) is 0 Å². The molecule has 2 rings (SSSR count). The molecule has 0 amide bonds. The summed E-state index contributed by atoms with van der Waals surface area (Å²) in [4.78, 5) is 0. The molecule has 12 heavy (non-hydrogen) atoms. The van der Waals surface area contributed by atoms with Crippen LogP contribution >= 0.6 is 0 Å². The van der Waals surface area contributed by atoms with Gasteiger partial charge in [0.25, 0.3) is 0 Å². The highest BCUT2D eigenvalue weighted by molar-refractivity contribution is 5.03. The maximum absolute atomic E-state index is 9.30. The molecule has 0 saturated heterocycles. The summed E-state index contributed by atoms with van der Waals surface area (Å²) in [5.74, 6) is 1.86. The minimum Gasteiger partial charge on any atom is -0.396 e. The molecule has 2 atom stereocenters. The van der Waals surface area contributed by atoms with E-state index in [9.17, 15) is 5.11 Å². The van der Waals surface area contributed by atoms with E-state index < -0.39 is 0 Å². The Labute approximate surface area is 73.9 Å². The van der Waals surface area contributed by atoms with Gasteiger partial charge in [-0.1, -0.05) is 0 Å². The Kier molecular flexibility index (Phi) is 2.13. The van der Waals surface area contributed by atoms with E-state index >= 15 is 0 Å². The van der Waals surface area contributed by atoms with E-state index in [1.807, 2.05) is 6.92 Å². The molecule has 2 unspecified atom stereocenters. The number of aliphatic hydroxyl groups is 1. The molecule has 2 nitrogen and oxygen atoms in total. The van der Waals surface area contributed by atoms with E-state index in [2.05, 4.69) is 0 Å². The lowest BCUT2D eigenvalue weighted by atomic mass is 9.85. The molecule has 0 aliphatic heterocycles. The van der Waals surface area contributed by atoms with E-state index in [-0.39, 0.29) is 5.41 Å². The van der Waals surface area contributed by atoms with Crippen molar-refractivity contribution in [2.24, 2.45) is 17.3 Å². The number of rotatable bonds is 4. The molecule has 0 aromatic carbocycles. The summed E-state index contributed by atoms with van der Waals surface area (Å²) in [5.41, 5.74) is 0.142. The number of ether oxygens (including phenoxy) is 1. The summed E-state index contributed by atoms with van der Waals surface area (Å²) in [6.45, 7) is 3.88. The van der Waals surface area contributed by atoms with Gasteiger partial charge in [-0.2, -0.15) is 0 Å². The third kappa shape index (κ3) is 1.38. The Morgan fingerprint density at radius 2 is 2.08 bits per heavy atom. The van der Waals surface area contributed by atoms with Crippen LogP contribution in [0.25, 0.3) is 0 Å². The number of hydrogen-bond donors (Lipinski definition) is 1. The molecular weight excluding hydrogens is 152 g/mol. The van der Waals surface area contributed by atoms with Crippen LogP contribution in [0, 0.1) is 17.3 Å². The third-order valence-electron chi connectivity index (χ3n) is 3.41. The molecule has 0 aromatic heterocycles. The van der Waals surface area contributed by atoms with Crippen LogP contribution < -0.4 is 0 Å². The summed E-state index contributed by atoms with van der Waals surface area (Å²) in [5, 5.41) is 9.30. The average Bonchev–Trinajstić information content (AvgIpc) is 2.72. The average molecular weight is 170 g/mol. The lowest BCUT2D eigenvalue weighted by Gasteiger charge is -2.27. The number of aliphatic hydroxyl groups excluding tert-OH is 1. The van der Waals surface area contributed by atoms with Crippen molar-refractivity contribution < 1.29 is 9.84 Å². The molecule has 0 bridgehead atoms. The molecule has 2 aliphatic carbocycles. The smallest absolute Gasteiger partial charge is 0.0544 e. The van der Waals surface area contributed by atoms with Gasteiger partial charge in [-0.05, 0) is 38.0 Å². The SMILES string of the molecule is CCOCC1(CO)CC2CC2C1. The van der Waals surface area contributed by atoms with Crippen LogP contribution in [0.5, 0.6) is 0 Å². The first-order chi connectivity index (χ1) is 5.79. The molecule has 0 radical (unpaired) electrons. The highest BCUT2D eigenvalue weighted by Gasteiger charge is 2.53. The zero-order valence-electron chi connectivity index (χ0n) is 7.75. The van der Waals surface area contributed by atoms with Crippen LogP contribution in [0.3, 0.4) is 0 Å². The van der Waals surface area contributed by atoms with Crippen LogP contribution in [0.4, 0.5) is 0 Å². The molecule has 2 fully saturated rings. The Balaban J connectivity index is 1.87. The predicted octanol–water partition coefficient (Wildman–Crippen LogP) is 1.43. The van der Waals surface area contributed by atoms with Gasteiger partial charge in [0.2, 0.25) is 0 Å². The lowest BCUT2D eigenvalue weighted by Crippen LogP contribution is -2.29. The second-order valence-electron chi connectivity index (χ2n) is 4.46. The van der Waals surface area contributed by atoms with Crippen LogP contribution in [0.15, 0.2) is 0 Å². The van der Waals surface area contributed by atoms with Crippen LogP contribution in [0.1, 0.15) is 26.2 Å². The van der Waals surface area contributed by atoms with Crippen molar-refractivity contribution in [3.63, 3.8) is 0 Å². The fourth-order valence-electron chi connectivity index (χ4n) is 2.62. The van der Waals surface area contributed by atoms with Crippen molar-refractivity contribution in [2.45, 2.75) is 26.2 Å². The number of hydrogen-bond acceptors (Lipinski definition) is 2. The van der Waals surface area contributed by atoms with Gasteiger partial charge in [0.1, 0.15) is 0 Å². The Bertz CT molecular complexity index is 157. The van der Waals surface area contributed by atoms with Gasteiger partial charge in [-0.15, -0.1) is 0 Å². The Hall–Kier alpha value is -0.0800. The van der Waals surface area contributed by atoms with E-state index in [0.717, 1.165) is 25.0 Å². The Morgan fingerprint density at radius 3 is 2.58 bits per heavy atom. The first-order valence-electron chi connectivity index (χ1n) is 4.98. The van der Waals surface area contributed by atoms with Gasteiger partial charge in [0.15, 0.2) is 0 Å². The second-order valence-corrected chi connectivity index (χ2v) is 4.46. The summed E-state index contributed by atoms with van der Waals surface area (Å²) >= 11 is 0. The van der Waals surface area contributed by atoms with Crippen molar-refractivity contribution in [2.75, 3.05) is 19.8 Å². The van der Waals surface area contributed by atoms with Gasteiger partial charge < -0.3 is 9.84 Å². The zero-order valence-corrected chi connectivity index (χ0v) is 7.75. The fourth-order valence-corrected chi connectivity index (χ4v) is 2.62. The highest BCUT2D eigenvalue weighted by Crippen LogP contribution is 2.59. The largest absolute Gasteiger partial charge is 0.396 e. The first kappa shape index (κ1) is 8.52. The van der Waals surface area contributed by atoms with E-state index in [4.69, 9.17) is 4.74 Å². The van der Waals surface area contributed by atoms with E-state index in [1.165, 1.54) is 19.3 Å². The standard InChI is InChI=1S/C10H18O2/c1-2-12-7-10(6-11)4-8-3-9(8)5-10/h8-9,11H,2-7H2,1H3. The Morgan fingerprint density at radius 1 is 1.42 bits per heavy atom. The minimum absolute atomic E-state index is 0.142. The van der Waals surface area contributed by atoms with Gasteiger partial charge in [-0.25, -0.2) is 0 Å². The summed E-state index contributed by atoms with van der Waals surface area (Å²) in [6, 6.07) is 0. The summed E-state index contributed by atoms with van der Waals surface area (Å²) in [7, 11) is 0. The lowest BCUT2D eigenvalue weighted by molar-refractivity contribution is 0.00753. The molecule has 0 spiro atoms. The van der Waals surface area contributed by atoms with Gasteiger partial charge >= 0.3 is 0 Å². The molecule has 0 heterocycles. The quantitative estimate of drug-likeness (QED) is 0.691. The third-order valence-corrected chi connectivity index (χ3v) is 3.41. The van der Waals surface area contributed by atoms with Crippen molar-refractivity contribution in [3.8, 4) is 0 Å². The molecule has 2 saturated carbocycles.